The molecule has 3 aromatic rings. The molecule has 0 bridgehead atoms. The summed E-state index contributed by atoms with van der Waals surface area (Å²) >= 11 is 0. The molecule has 2 saturated carbocycles. The lowest BCUT2D eigenvalue weighted by Gasteiger charge is -2.34. The molecular weight excluding hydrogens is 424 g/mol. The first-order valence-electron chi connectivity index (χ1n) is 12.6. The number of piperidine rings is 1. The van der Waals surface area contributed by atoms with E-state index in [2.05, 4.69) is 34.1 Å². The molecule has 2 heterocycles. The molecule has 1 amide bonds. The van der Waals surface area contributed by atoms with Crippen molar-refractivity contribution in [2.75, 3.05) is 13.1 Å². The van der Waals surface area contributed by atoms with E-state index in [0.29, 0.717) is 28.1 Å². The fourth-order valence-corrected chi connectivity index (χ4v) is 6.40. The maximum absolute atomic E-state index is 12.8. The molecule has 1 unspecified atom stereocenters. The zero-order valence-corrected chi connectivity index (χ0v) is 19.4. The molecule has 1 saturated heterocycles. The van der Waals surface area contributed by atoms with Gasteiger partial charge in [0.15, 0.2) is 0 Å². The normalized spacial score (nSPS) is 21.8. The molecule has 3 fully saturated rings. The van der Waals surface area contributed by atoms with E-state index in [0.717, 1.165) is 49.9 Å². The fraction of sp³-hybridized carbons (Fsp3) is 0.414. The lowest BCUT2D eigenvalue weighted by atomic mass is 9.87. The Morgan fingerprint density at radius 1 is 0.941 bits per heavy atom. The van der Waals surface area contributed by atoms with Crippen molar-refractivity contribution in [3.63, 3.8) is 0 Å². The number of amides is 1. The third-order valence-corrected chi connectivity index (χ3v) is 8.58. The second-order valence-electron chi connectivity index (χ2n) is 10.4. The van der Waals surface area contributed by atoms with Crippen molar-refractivity contribution in [3.05, 3.63) is 65.9 Å². The average molecular weight is 455 g/mol. The van der Waals surface area contributed by atoms with Crippen LogP contribution in [0.5, 0.6) is 0 Å². The first-order chi connectivity index (χ1) is 16.5. The summed E-state index contributed by atoms with van der Waals surface area (Å²) < 4.78 is 0. The number of carboxylic acids is 1. The van der Waals surface area contributed by atoms with Crippen molar-refractivity contribution < 1.29 is 14.7 Å². The number of aromatic carboxylic acids is 1. The van der Waals surface area contributed by atoms with Gasteiger partial charge in [0.25, 0.3) is 0 Å². The van der Waals surface area contributed by atoms with Crippen LogP contribution in [0.3, 0.4) is 0 Å². The van der Waals surface area contributed by atoms with E-state index in [1.165, 1.54) is 24.8 Å². The highest BCUT2D eigenvalue weighted by Gasteiger charge is 2.55. The van der Waals surface area contributed by atoms with Crippen LogP contribution in [-0.2, 0) is 4.79 Å². The summed E-state index contributed by atoms with van der Waals surface area (Å²) in [7, 11) is 0. The minimum Gasteiger partial charge on any atom is -0.478 e. The number of likely N-dealkylation sites (tertiary alicyclic amines) is 1. The number of benzene rings is 2. The van der Waals surface area contributed by atoms with E-state index in [1.807, 2.05) is 18.2 Å². The van der Waals surface area contributed by atoms with Crippen LogP contribution >= 0.6 is 0 Å². The van der Waals surface area contributed by atoms with Gasteiger partial charge in [0.05, 0.1) is 11.1 Å². The van der Waals surface area contributed by atoms with Gasteiger partial charge in [-0.15, -0.1) is 0 Å². The molecule has 1 N–H and O–H groups in total. The quantitative estimate of drug-likeness (QED) is 0.534. The SMILES string of the molecule is O=C(O)c1ccnc2cc(-c3ccc(C4CC45CCN(C(=O)C4CCCC4)CC5)cc3)ccc12. The molecule has 1 aliphatic heterocycles. The molecule has 174 valence electrons. The predicted octanol–water partition coefficient (Wildman–Crippen LogP) is 5.89. The van der Waals surface area contributed by atoms with Crippen LogP contribution in [0.15, 0.2) is 54.7 Å². The van der Waals surface area contributed by atoms with Gasteiger partial charge >= 0.3 is 5.97 Å². The Bertz CT molecular complexity index is 1250. The highest BCUT2D eigenvalue weighted by atomic mass is 16.4. The summed E-state index contributed by atoms with van der Waals surface area (Å²) in [5.74, 6) is 0.366. The summed E-state index contributed by atoms with van der Waals surface area (Å²) in [6.45, 7) is 1.85. The number of carboxylic acid groups (broad SMARTS) is 1. The molecule has 2 aromatic carbocycles. The fourth-order valence-electron chi connectivity index (χ4n) is 6.40. The standard InChI is InChI=1S/C29H30N2O3/c32-27(21-3-1-2-4-21)31-15-12-29(13-16-31)18-25(29)20-7-5-19(6-8-20)22-9-10-23-24(28(33)34)11-14-30-26(23)17-22/h5-11,14,17,21,25H,1-4,12-13,15-16,18H2,(H,33,34). The van der Waals surface area contributed by atoms with Crippen molar-refractivity contribution in [1.82, 2.24) is 9.88 Å². The van der Waals surface area contributed by atoms with E-state index in [9.17, 15) is 14.7 Å². The number of nitrogens with zero attached hydrogens (tertiary/aromatic N) is 2. The van der Waals surface area contributed by atoms with E-state index in [1.54, 1.807) is 12.3 Å². The Hall–Kier alpha value is -3.21. The molecule has 3 aliphatic rings. The molecule has 5 heteroatoms. The van der Waals surface area contributed by atoms with Gasteiger partial charge < -0.3 is 10.0 Å². The molecule has 2 aliphatic carbocycles. The highest BCUT2D eigenvalue weighted by Crippen LogP contribution is 2.65. The van der Waals surface area contributed by atoms with Gasteiger partial charge in [0.2, 0.25) is 5.91 Å². The highest BCUT2D eigenvalue weighted by molar-refractivity contribution is 6.03. The van der Waals surface area contributed by atoms with Crippen LogP contribution in [0.2, 0.25) is 0 Å². The van der Waals surface area contributed by atoms with Gasteiger partial charge in [-0.1, -0.05) is 49.2 Å². The second-order valence-corrected chi connectivity index (χ2v) is 10.4. The van der Waals surface area contributed by atoms with E-state index in [-0.39, 0.29) is 11.5 Å². The molecule has 34 heavy (non-hydrogen) atoms. The lowest BCUT2D eigenvalue weighted by Crippen LogP contribution is -2.42. The number of carbonyl (C=O) groups is 2. The molecule has 1 spiro atoms. The zero-order chi connectivity index (χ0) is 23.3. The van der Waals surface area contributed by atoms with Crippen LogP contribution in [0.4, 0.5) is 0 Å². The lowest BCUT2D eigenvalue weighted by molar-refractivity contribution is -0.137. The summed E-state index contributed by atoms with van der Waals surface area (Å²) in [6.07, 6.45) is 9.64. The van der Waals surface area contributed by atoms with Crippen molar-refractivity contribution in [2.24, 2.45) is 11.3 Å². The molecule has 1 atom stereocenters. The number of hydrogen-bond acceptors (Lipinski definition) is 3. The zero-order valence-electron chi connectivity index (χ0n) is 19.4. The van der Waals surface area contributed by atoms with Crippen LogP contribution < -0.4 is 0 Å². The van der Waals surface area contributed by atoms with Crippen LogP contribution in [-0.4, -0.2) is 40.0 Å². The van der Waals surface area contributed by atoms with Crippen LogP contribution in [0.25, 0.3) is 22.0 Å². The minimum atomic E-state index is -0.934. The Balaban J connectivity index is 1.14. The molecule has 1 aromatic heterocycles. The third-order valence-electron chi connectivity index (χ3n) is 8.58. The van der Waals surface area contributed by atoms with Crippen molar-refractivity contribution in [3.8, 4) is 11.1 Å². The first-order valence-corrected chi connectivity index (χ1v) is 12.6. The second kappa shape index (κ2) is 8.23. The van der Waals surface area contributed by atoms with Gasteiger partial charge in [-0.2, -0.15) is 0 Å². The topological polar surface area (TPSA) is 70.5 Å². The van der Waals surface area contributed by atoms with E-state index in [4.69, 9.17) is 0 Å². The number of pyridine rings is 1. The summed E-state index contributed by atoms with van der Waals surface area (Å²) in [5, 5.41) is 10.1. The van der Waals surface area contributed by atoms with E-state index >= 15 is 0 Å². The Morgan fingerprint density at radius 3 is 2.35 bits per heavy atom. The van der Waals surface area contributed by atoms with Gasteiger partial charge in [0.1, 0.15) is 0 Å². The average Bonchev–Trinajstić information content (AvgIpc) is 3.28. The summed E-state index contributed by atoms with van der Waals surface area (Å²) in [6, 6.07) is 16.2. The number of rotatable bonds is 4. The molecular formula is C29H30N2O3. The molecule has 5 nitrogen and oxygen atoms in total. The van der Waals surface area contributed by atoms with Gasteiger partial charge in [-0.05, 0) is 72.3 Å². The van der Waals surface area contributed by atoms with Crippen LogP contribution in [0.1, 0.15) is 66.8 Å². The monoisotopic (exact) mass is 454 g/mol. The smallest absolute Gasteiger partial charge is 0.336 e. The molecule has 0 radical (unpaired) electrons. The van der Waals surface area contributed by atoms with Crippen molar-refractivity contribution >= 4 is 22.8 Å². The largest absolute Gasteiger partial charge is 0.478 e. The third kappa shape index (κ3) is 3.67. The van der Waals surface area contributed by atoms with Gasteiger partial charge in [-0.25, -0.2) is 4.79 Å². The maximum Gasteiger partial charge on any atom is 0.336 e. The van der Waals surface area contributed by atoms with Crippen LogP contribution in [0, 0.1) is 11.3 Å². The Labute approximate surface area is 199 Å². The predicted molar refractivity (Wildman–Crippen MR) is 132 cm³/mol. The maximum atomic E-state index is 12.8. The van der Waals surface area contributed by atoms with Gasteiger partial charge in [-0.3, -0.25) is 9.78 Å². The summed E-state index contributed by atoms with van der Waals surface area (Å²) in [4.78, 5) is 30.8. The van der Waals surface area contributed by atoms with E-state index < -0.39 is 5.97 Å². The number of fused-ring (bicyclic) bond motifs is 1. The minimum absolute atomic E-state index is 0.280. The van der Waals surface area contributed by atoms with Crippen molar-refractivity contribution in [1.29, 1.82) is 0 Å². The van der Waals surface area contributed by atoms with Crippen molar-refractivity contribution in [2.45, 2.75) is 50.9 Å². The molecule has 6 rings (SSSR count). The number of hydrogen-bond donors (Lipinski definition) is 1. The number of aromatic nitrogens is 1. The Morgan fingerprint density at radius 2 is 1.65 bits per heavy atom. The van der Waals surface area contributed by atoms with Gasteiger partial charge in [0, 0.05) is 30.6 Å². The number of carbonyl (C=O) groups excluding carboxylic acids is 1. The first kappa shape index (κ1) is 21.3. The summed E-state index contributed by atoms with van der Waals surface area (Å²) in [5.41, 5.74) is 4.90. The Kier molecular flexibility index (Phi) is 5.16.